The Hall–Kier alpha value is -1.85. The van der Waals surface area contributed by atoms with E-state index in [4.69, 9.17) is 5.73 Å². The fourth-order valence-electron chi connectivity index (χ4n) is 1.56. The fraction of sp³-hybridized carbons (Fsp3) is 0.500. The number of hydrogen-bond acceptors (Lipinski definition) is 5. The number of nitro groups is 1. The molecule has 16 heavy (non-hydrogen) atoms. The molecule has 6 heteroatoms. The van der Waals surface area contributed by atoms with Crippen LogP contribution in [0.1, 0.15) is 20.8 Å². The maximum atomic E-state index is 10.6. The van der Waals surface area contributed by atoms with E-state index in [1.807, 2.05) is 25.7 Å². The second-order valence-electron chi connectivity index (χ2n) is 3.71. The maximum absolute atomic E-state index is 10.6. The highest BCUT2D eigenvalue weighted by atomic mass is 16.6. The first-order valence-corrected chi connectivity index (χ1v) is 5.15. The number of nitrogens with zero attached hydrogens (tertiary/aromatic N) is 3. The van der Waals surface area contributed by atoms with E-state index in [2.05, 4.69) is 4.98 Å². The molecule has 88 valence electrons. The molecule has 1 aromatic heterocycles. The fourth-order valence-corrected chi connectivity index (χ4v) is 1.56. The second kappa shape index (κ2) is 4.78. The molecule has 0 aliphatic carbocycles. The highest BCUT2D eigenvalue weighted by Gasteiger charge is 2.16. The molecule has 0 atom stereocenters. The van der Waals surface area contributed by atoms with Gasteiger partial charge in [0.15, 0.2) is 0 Å². The summed E-state index contributed by atoms with van der Waals surface area (Å²) in [6.07, 6.45) is 0. The van der Waals surface area contributed by atoms with Crippen molar-refractivity contribution in [3.05, 3.63) is 22.2 Å². The van der Waals surface area contributed by atoms with Crippen LogP contribution < -0.4 is 10.6 Å². The average molecular weight is 224 g/mol. The van der Waals surface area contributed by atoms with Crippen LogP contribution in [-0.4, -0.2) is 22.5 Å². The van der Waals surface area contributed by atoms with Gasteiger partial charge in [0.2, 0.25) is 5.82 Å². The first-order valence-electron chi connectivity index (χ1n) is 5.15. The van der Waals surface area contributed by atoms with Crippen molar-refractivity contribution < 1.29 is 4.92 Å². The Balaban J connectivity index is 3.09. The molecule has 0 fully saturated rings. The van der Waals surface area contributed by atoms with Gasteiger partial charge in [-0.05, 0) is 26.8 Å². The molecule has 0 spiro atoms. The summed E-state index contributed by atoms with van der Waals surface area (Å²) in [6.45, 7) is 6.84. The van der Waals surface area contributed by atoms with Crippen molar-refractivity contribution >= 4 is 17.3 Å². The third kappa shape index (κ3) is 2.39. The molecule has 1 aromatic rings. The summed E-state index contributed by atoms with van der Waals surface area (Å²) in [5.74, 6) is 0.627. The molecule has 6 nitrogen and oxygen atoms in total. The lowest BCUT2D eigenvalue weighted by Crippen LogP contribution is -2.31. The normalized spacial score (nSPS) is 10.5. The third-order valence-electron chi connectivity index (χ3n) is 2.34. The molecule has 0 radical (unpaired) electrons. The standard InChI is InChI=1S/C10H16N4O2/c1-4-13(7(2)3)9-6-5-8(14(15)16)10(11)12-9/h5-7H,4H2,1-3H3,(H2,11,12). The Labute approximate surface area is 94.2 Å². The van der Waals surface area contributed by atoms with Gasteiger partial charge in [-0.15, -0.1) is 0 Å². The van der Waals surface area contributed by atoms with E-state index in [0.29, 0.717) is 5.82 Å². The predicted octanol–water partition coefficient (Wildman–Crippen LogP) is 1.81. The SMILES string of the molecule is CCN(c1ccc([N+](=O)[O-])c(N)n1)C(C)C. The van der Waals surface area contributed by atoms with Gasteiger partial charge >= 0.3 is 5.69 Å². The molecule has 0 aromatic carbocycles. The van der Waals surface area contributed by atoms with Crippen LogP contribution in [-0.2, 0) is 0 Å². The van der Waals surface area contributed by atoms with Crippen molar-refractivity contribution in [1.29, 1.82) is 0 Å². The number of hydrogen-bond donors (Lipinski definition) is 1. The van der Waals surface area contributed by atoms with E-state index in [-0.39, 0.29) is 17.5 Å². The first kappa shape index (κ1) is 12.2. The highest BCUT2D eigenvalue weighted by molar-refractivity contribution is 5.58. The van der Waals surface area contributed by atoms with E-state index in [1.165, 1.54) is 6.07 Å². The number of anilines is 2. The Kier molecular flexibility index (Phi) is 3.65. The zero-order valence-electron chi connectivity index (χ0n) is 9.67. The van der Waals surface area contributed by atoms with Crippen LogP contribution in [0, 0.1) is 10.1 Å². The average Bonchev–Trinajstić information content (AvgIpc) is 2.17. The van der Waals surface area contributed by atoms with Crippen LogP contribution >= 0.6 is 0 Å². The first-order chi connectivity index (χ1) is 7.47. The summed E-state index contributed by atoms with van der Waals surface area (Å²) in [5.41, 5.74) is 5.39. The molecule has 0 aliphatic heterocycles. The number of rotatable bonds is 4. The molecule has 1 rings (SSSR count). The zero-order chi connectivity index (χ0) is 12.3. The maximum Gasteiger partial charge on any atom is 0.311 e. The quantitative estimate of drug-likeness (QED) is 0.622. The van der Waals surface area contributed by atoms with Crippen molar-refractivity contribution in [2.45, 2.75) is 26.8 Å². The largest absolute Gasteiger partial charge is 0.378 e. The van der Waals surface area contributed by atoms with Crippen LogP contribution in [0.25, 0.3) is 0 Å². The lowest BCUT2D eigenvalue weighted by Gasteiger charge is -2.26. The van der Waals surface area contributed by atoms with Gasteiger partial charge in [-0.2, -0.15) is 0 Å². The van der Waals surface area contributed by atoms with Crippen LogP contribution in [0.4, 0.5) is 17.3 Å². The molecule has 2 N–H and O–H groups in total. The van der Waals surface area contributed by atoms with Gasteiger partial charge in [0, 0.05) is 18.7 Å². The summed E-state index contributed by atoms with van der Waals surface area (Å²) in [6, 6.07) is 3.29. The van der Waals surface area contributed by atoms with E-state index in [9.17, 15) is 10.1 Å². The molecule has 0 amide bonds. The minimum absolute atomic E-state index is 0.0402. The third-order valence-corrected chi connectivity index (χ3v) is 2.34. The molecular formula is C10H16N4O2. The Morgan fingerprint density at radius 2 is 2.19 bits per heavy atom. The van der Waals surface area contributed by atoms with Crippen LogP contribution in [0.3, 0.4) is 0 Å². The topological polar surface area (TPSA) is 85.3 Å². The highest BCUT2D eigenvalue weighted by Crippen LogP contribution is 2.23. The lowest BCUT2D eigenvalue weighted by atomic mass is 10.3. The van der Waals surface area contributed by atoms with Crippen molar-refractivity contribution in [3.8, 4) is 0 Å². The molecule has 0 bridgehead atoms. The Bertz CT molecular complexity index is 392. The Morgan fingerprint density at radius 1 is 1.56 bits per heavy atom. The second-order valence-corrected chi connectivity index (χ2v) is 3.71. The molecule has 0 aliphatic rings. The molecule has 0 saturated heterocycles. The number of aromatic nitrogens is 1. The van der Waals surface area contributed by atoms with Gasteiger partial charge in [-0.1, -0.05) is 0 Å². The predicted molar refractivity (Wildman–Crippen MR) is 63.5 cm³/mol. The Morgan fingerprint density at radius 3 is 2.56 bits per heavy atom. The number of nitrogens with two attached hydrogens (primary N) is 1. The zero-order valence-corrected chi connectivity index (χ0v) is 9.67. The lowest BCUT2D eigenvalue weighted by molar-refractivity contribution is -0.384. The minimum Gasteiger partial charge on any atom is -0.378 e. The van der Waals surface area contributed by atoms with Gasteiger partial charge in [-0.3, -0.25) is 10.1 Å². The number of pyridine rings is 1. The molecule has 0 unspecified atom stereocenters. The summed E-state index contributed by atoms with van der Waals surface area (Å²) >= 11 is 0. The van der Waals surface area contributed by atoms with E-state index >= 15 is 0 Å². The minimum atomic E-state index is -0.530. The molecular weight excluding hydrogens is 208 g/mol. The summed E-state index contributed by atoms with van der Waals surface area (Å²) < 4.78 is 0. The van der Waals surface area contributed by atoms with Crippen LogP contribution in [0.15, 0.2) is 12.1 Å². The van der Waals surface area contributed by atoms with Crippen LogP contribution in [0.5, 0.6) is 0 Å². The van der Waals surface area contributed by atoms with E-state index in [0.717, 1.165) is 6.54 Å². The van der Waals surface area contributed by atoms with E-state index in [1.54, 1.807) is 6.07 Å². The smallest absolute Gasteiger partial charge is 0.311 e. The van der Waals surface area contributed by atoms with Gasteiger partial charge in [0.1, 0.15) is 5.82 Å². The van der Waals surface area contributed by atoms with Gasteiger partial charge in [0.05, 0.1) is 4.92 Å². The van der Waals surface area contributed by atoms with Gasteiger partial charge < -0.3 is 10.6 Å². The molecule has 0 saturated carbocycles. The van der Waals surface area contributed by atoms with Crippen molar-refractivity contribution in [3.63, 3.8) is 0 Å². The summed E-state index contributed by atoms with van der Waals surface area (Å²) in [4.78, 5) is 16.1. The monoisotopic (exact) mass is 224 g/mol. The van der Waals surface area contributed by atoms with Crippen molar-refractivity contribution in [2.24, 2.45) is 0 Å². The van der Waals surface area contributed by atoms with Crippen LogP contribution in [0.2, 0.25) is 0 Å². The van der Waals surface area contributed by atoms with E-state index < -0.39 is 4.92 Å². The summed E-state index contributed by atoms with van der Waals surface area (Å²) in [5, 5.41) is 10.6. The van der Waals surface area contributed by atoms with Crippen molar-refractivity contribution in [1.82, 2.24) is 4.98 Å². The number of nitrogen functional groups attached to an aromatic ring is 1. The summed E-state index contributed by atoms with van der Waals surface area (Å²) in [7, 11) is 0. The van der Waals surface area contributed by atoms with Crippen molar-refractivity contribution in [2.75, 3.05) is 17.2 Å². The van der Waals surface area contributed by atoms with Gasteiger partial charge in [-0.25, -0.2) is 4.98 Å². The molecule has 1 heterocycles. The van der Waals surface area contributed by atoms with Gasteiger partial charge in [0.25, 0.3) is 0 Å².